The number of pyridine rings is 1. The van der Waals surface area contributed by atoms with Gasteiger partial charge in [0.05, 0.1) is 12.3 Å². The summed E-state index contributed by atoms with van der Waals surface area (Å²) in [6.07, 6.45) is 2.34. The summed E-state index contributed by atoms with van der Waals surface area (Å²) in [5, 5.41) is 3.27. The van der Waals surface area contributed by atoms with Crippen molar-refractivity contribution in [2.45, 2.75) is 18.9 Å². The van der Waals surface area contributed by atoms with E-state index >= 15 is 0 Å². The molecule has 120 valence electrons. The summed E-state index contributed by atoms with van der Waals surface area (Å²) < 4.78 is 18.5. The first-order chi connectivity index (χ1) is 11.2. The molecule has 1 aromatic carbocycles. The van der Waals surface area contributed by atoms with E-state index in [0.717, 1.165) is 29.9 Å². The molecule has 0 spiro atoms. The Morgan fingerprint density at radius 2 is 1.91 bits per heavy atom. The monoisotopic (exact) mass is 314 g/mol. The van der Waals surface area contributed by atoms with Gasteiger partial charge < -0.3 is 10.1 Å². The quantitative estimate of drug-likeness (QED) is 0.919. The number of halogens is 1. The number of carbonyl (C=O) groups is 1. The first-order valence-corrected chi connectivity index (χ1v) is 7.74. The molecule has 0 bridgehead atoms. The summed E-state index contributed by atoms with van der Waals surface area (Å²) in [6.45, 7) is 2.31. The minimum absolute atomic E-state index is 0.0206. The summed E-state index contributed by atoms with van der Waals surface area (Å²) in [5.74, 6) is -0.206. The van der Waals surface area contributed by atoms with E-state index in [1.54, 1.807) is 18.3 Å². The molecule has 0 saturated carbocycles. The second kappa shape index (κ2) is 7.44. The van der Waals surface area contributed by atoms with E-state index in [-0.39, 0.29) is 17.7 Å². The highest BCUT2D eigenvalue weighted by atomic mass is 19.1. The largest absolute Gasteiger partial charge is 0.369 e. The van der Waals surface area contributed by atoms with Gasteiger partial charge >= 0.3 is 0 Å². The van der Waals surface area contributed by atoms with E-state index in [0.29, 0.717) is 19.4 Å². The highest BCUT2D eigenvalue weighted by Gasteiger charge is 2.16. The minimum atomic E-state index is -0.291. The third kappa shape index (κ3) is 4.43. The maximum Gasteiger partial charge on any atom is 0.141 e. The van der Waals surface area contributed by atoms with Crippen LogP contribution in [-0.4, -0.2) is 30.5 Å². The molecule has 1 unspecified atom stereocenters. The normalized spacial score (nSPS) is 17.9. The molecule has 1 N–H and O–H groups in total. The molecule has 2 heterocycles. The summed E-state index contributed by atoms with van der Waals surface area (Å²) in [5.41, 5.74) is 2.58. The lowest BCUT2D eigenvalue weighted by Crippen LogP contribution is -2.33. The highest BCUT2D eigenvalue weighted by Crippen LogP contribution is 2.17. The molecule has 0 radical (unpaired) electrons. The van der Waals surface area contributed by atoms with E-state index in [4.69, 9.17) is 4.74 Å². The third-order valence-electron chi connectivity index (χ3n) is 3.82. The van der Waals surface area contributed by atoms with Gasteiger partial charge in [-0.1, -0.05) is 18.2 Å². The van der Waals surface area contributed by atoms with Crippen LogP contribution in [0, 0.1) is 5.82 Å². The van der Waals surface area contributed by atoms with Gasteiger partial charge in [-0.3, -0.25) is 9.78 Å². The van der Waals surface area contributed by atoms with Crippen LogP contribution < -0.4 is 5.32 Å². The molecule has 1 atom stereocenters. The lowest BCUT2D eigenvalue weighted by molar-refractivity contribution is -0.117. The number of hydrogen-bond donors (Lipinski definition) is 1. The van der Waals surface area contributed by atoms with Crippen LogP contribution in [0.1, 0.15) is 22.9 Å². The van der Waals surface area contributed by atoms with Gasteiger partial charge in [-0.2, -0.15) is 0 Å². The fourth-order valence-electron chi connectivity index (χ4n) is 2.61. The summed E-state index contributed by atoms with van der Waals surface area (Å²) in [4.78, 5) is 16.5. The Balaban J connectivity index is 1.57. The lowest BCUT2D eigenvalue weighted by Gasteiger charge is -2.23. The molecular formula is C18H19FN2O2. The Morgan fingerprint density at radius 1 is 1.17 bits per heavy atom. The van der Waals surface area contributed by atoms with Crippen molar-refractivity contribution in [1.82, 2.24) is 10.3 Å². The molecular weight excluding hydrogens is 295 g/mol. The van der Waals surface area contributed by atoms with Gasteiger partial charge in [0.25, 0.3) is 0 Å². The fraction of sp³-hybridized carbons (Fsp3) is 0.333. The molecule has 23 heavy (non-hydrogen) atoms. The van der Waals surface area contributed by atoms with Crippen LogP contribution in [0.25, 0.3) is 0 Å². The maximum atomic E-state index is 12.9. The summed E-state index contributed by atoms with van der Waals surface area (Å²) in [6, 6.07) is 9.86. The number of nitrogens with zero attached hydrogens (tertiary/aromatic N) is 1. The first kappa shape index (κ1) is 15.8. The molecule has 3 rings (SSSR count). The zero-order chi connectivity index (χ0) is 16.1. The molecule has 5 heteroatoms. The number of Topliss-reactive ketones (excluding diaryl/α,β-unsaturated/α-hetero) is 1. The van der Waals surface area contributed by atoms with Crippen LogP contribution in [0.5, 0.6) is 0 Å². The number of aromatic nitrogens is 1. The smallest absolute Gasteiger partial charge is 0.141 e. The molecule has 1 aromatic heterocycles. The molecule has 1 saturated heterocycles. The van der Waals surface area contributed by atoms with Gasteiger partial charge in [0.1, 0.15) is 17.7 Å². The summed E-state index contributed by atoms with van der Waals surface area (Å²) in [7, 11) is 0. The van der Waals surface area contributed by atoms with Gasteiger partial charge in [-0.25, -0.2) is 4.39 Å². The number of ketones is 1. The molecule has 4 nitrogen and oxygen atoms in total. The zero-order valence-corrected chi connectivity index (χ0v) is 12.8. The number of hydrogen-bond acceptors (Lipinski definition) is 4. The number of ether oxygens (including phenoxy) is 1. The molecule has 1 aliphatic heterocycles. The van der Waals surface area contributed by atoms with Crippen molar-refractivity contribution in [1.29, 1.82) is 0 Å². The van der Waals surface area contributed by atoms with Gasteiger partial charge in [0.15, 0.2) is 0 Å². The van der Waals surface area contributed by atoms with Crippen molar-refractivity contribution in [2.24, 2.45) is 0 Å². The van der Waals surface area contributed by atoms with Crippen LogP contribution in [0.3, 0.4) is 0 Å². The number of carbonyl (C=O) groups excluding carboxylic acids is 1. The average molecular weight is 314 g/mol. The van der Waals surface area contributed by atoms with Gasteiger partial charge in [-0.05, 0) is 29.3 Å². The second-order valence-corrected chi connectivity index (χ2v) is 5.67. The van der Waals surface area contributed by atoms with Crippen LogP contribution in [-0.2, 0) is 22.4 Å². The van der Waals surface area contributed by atoms with Crippen LogP contribution in [0.15, 0.2) is 42.6 Å². The Hall–Kier alpha value is -2.11. The van der Waals surface area contributed by atoms with Crippen molar-refractivity contribution >= 4 is 5.78 Å². The number of rotatable bonds is 5. The predicted molar refractivity (Wildman–Crippen MR) is 84.6 cm³/mol. The second-order valence-electron chi connectivity index (χ2n) is 5.67. The minimum Gasteiger partial charge on any atom is -0.369 e. The number of morpholine rings is 1. The summed E-state index contributed by atoms with van der Waals surface area (Å²) >= 11 is 0. The Bertz CT molecular complexity index is 650. The molecule has 2 aromatic rings. The van der Waals surface area contributed by atoms with E-state index in [1.165, 1.54) is 12.1 Å². The predicted octanol–water partition coefficient (Wildman–Crippen LogP) is 2.24. The first-order valence-electron chi connectivity index (χ1n) is 7.74. The standard InChI is InChI=1S/C18H19FN2O2/c19-15-4-1-13(2-5-15)9-16(22)10-14-3-6-17(21-11-14)18-12-20-7-8-23-18/h1-6,11,18,20H,7-10,12H2. The number of benzene rings is 1. The van der Waals surface area contributed by atoms with Crippen molar-refractivity contribution in [3.8, 4) is 0 Å². The van der Waals surface area contributed by atoms with E-state index in [9.17, 15) is 9.18 Å². The van der Waals surface area contributed by atoms with Crippen LogP contribution in [0.2, 0.25) is 0 Å². The lowest BCUT2D eigenvalue weighted by atomic mass is 10.0. The van der Waals surface area contributed by atoms with Crippen LogP contribution in [0.4, 0.5) is 4.39 Å². The van der Waals surface area contributed by atoms with Gasteiger partial charge in [0, 0.05) is 32.1 Å². The highest BCUT2D eigenvalue weighted by molar-refractivity contribution is 5.83. The van der Waals surface area contributed by atoms with E-state index < -0.39 is 0 Å². The third-order valence-corrected chi connectivity index (χ3v) is 3.82. The average Bonchev–Trinajstić information content (AvgIpc) is 2.58. The SMILES string of the molecule is O=C(Cc1ccc(F)cc1)Cc1ccc(C2CNCCO2)nc1. The van der Waals surface area contributed by atoms with Crippen LogP contribution >= 0.6 is 0 Å². The van der Waals surface area contributed by atoms with Crippen molar-refractivity contribution in [3.05, 3.63) is 65.2 Å². The molecule has 0 aliphatic carbocycles. The topological polar surface area (TPSA) is 51.2 Å². The van der Waals surface area contributed by atoms with Crippen molar-refractivity contribution < 1.29 is 13.9 Å². The zero-order valence-electron chi connectivity index (χ0n) is 12.8. The Morgan fingerprint density at radius 3 is 2.57 bits per heavy atom. The molecule has 0 amide bonds. The van der Waals surface area contributed by atoms with E-state index in [1.807, 2.05) is 12.1 Å². The Kier molecular flexibility index (Phi) is 5.10. The van der Waals surface area contributed by atoms with Gasteiger partial charge in [0.2, 0.25) is 0 Å². The number of nitrogens with one attached hydrogen (secondary N) is 1. The van der Waals surface area contributed by atoms with Crippen molar-refractivity contribution in [3.63, 3.8) is 0 Å². The fourth-order valence-corrected chi connectivity index (χ4v) is 2.61. The van der Waals surface area contributed by atoms with Gasteiger partial charge in [-0.15, -0.1) is 0 Å². The molecule has 1 aliphatic rings. The molecule has 1 fully saturated rings. The van der Waals surface area contributed by atoms with E-state index in [2.05, 4.69) is 10.3 Å². The Labute approximate surface area is 134 Å². The van der Waals surface area contributed by atoms with Crippen molar-refractivity contribution in [2.75, 3.05) is 19.7 Å². The maximum absolute atomic E-state index is 12.9.